The lowest BCUT2D eigenvalue weighted by atomic mass is 9.84. The third-order valence-corrected chi connectivity index (χ3v) is 6.70. The first-order chi connectivity index (χ1) is 15.2. The first kappa shape index (κ1) is 29.1. The number of hydrogen-bond acceptors (Lipinski definition) is 5. The summed E-state index contributed by atoms with van der Waals surface area (Å²) in [6.07, 6.45) is 4.74. The van der Waals surface area contributed by atoms with Crippen molar-refractivity contribution < 1.29 is 19.1 Å². The fourth-order valence-electron chi connectivity index (χ4n) is 4.46. The fourth-order valence-corrected chi connectivity index (χ4v) is 4.46. The van der Waals surface area contributed by atoms with Crippen LogP contribution in [-0.2, 0) is 19.1 Å². The predicted octanol–water partition coefficient (Wildman–Crippen LogP) is 3.63. The summed E-state index contributed by atoms with van der Waals surface area (Å²) in [6, 6.07) is -1.20. The summed E-state index contributed by atoms with van der Waals surface area (Å²) in [6.45, 7) is 16.8. The molecule has 1 aliphatic rings. The van der Waals surface area contributed by atoms with E-state index in [1.807, 2.05) is 41.7 Å². The quantitative estimate of drug-likeness (QED) is 0.416. The van der Waals surface area contributed by atoms with Gasteiger partial charge in [-0.3, -0.25) is 14.5 Å². The Morgan fingerprint density at radius 1 is 1.18 bits per heavy atom. The Balaban J connectivity index is 3.09. The van der Waals surface area contributed by atoms with E-state index in [9.17, 15) is 14.4 Å². The number of nitrogens with one attached hydrogen (secondary N) is 1. The van der Waals surface area contributed by atoms with Crippen LogP contribution in [0.4, 0.5) is 0 Å². The van der Waals surface area contributed by atoms with Crippen molar-refractivity contribution in [3.63, 3.8) is 0 Å². The molecule has 1 N–H and O–H groups in total. The summed E-state index contributed by atoms with van der Waals surface area (Å²) < 4.78 is 5.10. The van der Waals surface area contributed by atoms with Crippen LogP contribution in [0.2, 0.25) is 0 Å². The van der Waals surface area contributed by atoms with Crippen molar-refractivity contribution in [2.45, 2.75) is 92.8 Å². The van der Waals surface area contributed by atoms with Gasteiger partial charge in [-0.15, -0.1) is 0 Å². The van der Waals surface area contributed by atoms with E-state index < -0.39 is 11.5 Å². The van der Waals surface area contributed by atoms with Crippen molar-refractivity contribution in [1.29, 1.82) is 0 Å². The lowest BCUT2D eigenvalue weighted by molar-refractivity contribution is -0.142. The largest absolute Gasteiger partial charge is 0.463 e. The SMILES string of the molecule is CCOC(=O)C(C)=C[C@H](C(C)C)N(C)C(=O)[C@@H](NC(=O)C1CC[C@H](CC)CN1C)C(C)(C)C. The molecule has 0 spiro atoms. The molecule has 0 saturated carbocycles. The molecule has 1 fully saturated rings. The molecule has 33 heavy (non-hydrogen) atoms. The summed E-state index contributed by atoms with van der Waals surface area (Å²) in [7, 11) is 3.73. The monoisotopic (exact) mass is 465 g/mol. The number of piperidine rings is 1. The lowest BCUT2D eigenvalue weighted by Crippen LogP contribution is -2.60. The molecular weight excluding hydrogens is 418 g/mol. The molecule has 0 aliphatic carbocycles. The molecule has 0 bridgehead atoms. The zero-order valence-corrected chi connectivity index (χ0v) is 22.5. The number of carbonyl (C=O) groups is 3. The zero-order valence-electron chi connectivity index (χ0n) is 22.5. The molecule has 1 heterocycles. The Morgan fingerprint density at radius 2 is 1.79 bits per heavy atom. The van der Waals surface area contributed by atoms with E-state index in [-0.39, 0.29) is 35.8 Å². The molecule has 7 heteroatoms. The molecule has 1 unspecified atom stereocenters. The molecule has 0 aromatic heterocycles. The highest BCUT2D eigenvalue weighted by Gasteiger charge is 2.39. The Hall–Kier alpha value is -1.89. The standard InChI is InChI=1S/C26H47N3O4/c1-11-19-13-14-20(28(9)16-19)23(30)27-22(26(6,7)8)24(31)29(10)21(17(3)4)15-18(5)25(32)33-12-2/h15,17,19-22H,11-14,16H2,1-10H3,(H,27,30)/t19-,20?,21+,22+/m0/s1. The van der Waals surface area contributed by atoms with Crippen molar-refractivity contribution in [2.24, 2.45) is 17.3 Å². The first-order valence-corrected chi connectivity index (χ1v) is 12.4. The Labute approximate surface area is 201 Å². The molecule has 1 saturated heterocycles. The molecule has 0 aromatic carbocycles. The van der Waals surface area contributed by atoms with E-state index in [0.29, 0.717) is 18.1 Å². The predicted molar refractivity (Wildman–Crippen MR) is 133 cm³/mol. The van der Waals surface area contributed by atoms with E-state index in [0.717, 1.165) is 25.8 Å². The van der Waals surface area contributed by atoms with Crippen molar-refractivity contribution in [2.75, 3.05) is 27.2 Å². The van der Waals surface area contributed by atoms with E-state index >= 15 is 0 Å². The third-order valence-electron chi connectivity index (χ3n) is 6.70. The average Bonchev–Trinajstić information content (AvgIpc) is 2.73. The van der Waals surface area contributed by atoms with Crippen LogP contribution in [-0.4, -0.2) is 73.0 Å². The Bertz CT molecular complexity index is 711. The van der Waals surface area contributed by atoms with Crippen LogP contribution in [0.5, 0.6) is 0 Å². The number of esters is 1. The number of amides is 2. The number of ether oxygens (including phenoxy) is 1. The van der Waals surface area contributed by atoms with Gasteiger partial charge in [0, 0.05) is 19.2 Å². The van der Waals surface area contributed by atoms with Crippen LogP contribution < -0.4 is 5.32 Å². The fraction of sp³-hybridized carbons (Fsp3) is 0.808. The summed E-state index contributed by atoms with van der Waals surface area (Å²) >= 11 is 0. The van der Waals surface area contributed by atoms with E-state index in [2.05, 4.69) is 17.1 Å². The number of hydrogen-bond donors (Lipinski definition) is 1. The minimum Gasteiger partial charge on any atom is -0.463 e. The van der Waals surface area contributed by atoms with Crippen LogP contribution in [0, 0.1) is 17.3 Å². The highest BCUT2D eigenvalue weighted by atomic mass is 16.5. The summed E-state index contributed by atoms with van der Waals surface area (Å²) in [5.74, 6) is 0.0670. The van der Waals surface area contributed by atoms with Crippen LogP contribution >= 0.6 is 0 Å². The number of carbonyl (C=O) groups excluding carboxylic acids is 3. The molecule has 2 amide bonds. The second kappa shape index (κ2) is 12.5. The maximum atomic E-state index is 13.7. The van der Waals surface area contributed by atoms with Crippen molar-refractivity contribution in [3.05, 3.63) is 11.6 Å². The molecule has 1 aliphatic heterocycles. The summed E-state index contributed by atoms with van der Waals surface area (Å²) in [5, 5.41) is 3.08. The van der Waals surface area contributed by atoms with Crippen LogP contribution in [0.1, 0.15) is 74.7 Å². The Morgan fingerprint density at radius 3 is 2.24 bits per heavy atom. The number of rotatable bonds is 9. The van der Waals surface area contributed by atoms with Gasteiger partial charge in [0.05, 0.1) is 18.7 Å². The highest BCUT2D eigenvalue weighted by molar-refractivity contribution is 5.91. The van der Waals surface area contributed by atoms with Gasteiger partial charge in [-0.2, -0.15) is 0 Å². The van der Waals surface area contributed by atoms with Crippen molar-refractivity contribution in [1.82, 2.24) is 15.1 Å². The minimum atomic E-state index is -0.676. The Kier molecular flexibility index (Phi) is 11.1. The van der Waals surface area contributed by atoms with Gasteiger partial charge in [-0.05, 0) is 51.0 Å². The van der Waals surface area contributed by atoms with E-state index in [4.69, 9.17) is 4.74 Å². The van der Waals surface area contributed by atoms with Crippen LogP contribution in [0.25, 0.3) is 0 Å². The van der Waals surface area contributed by atoms with Gasteiger partial charge >= 0.3 is 5.97 Å². The summed E-state index contributed by atoms with van der Waals surface area (Å²) in [4.78, 5) is 42.8. The maximum Gasteiger partial charge on any atom is 0.333 e. The summed E-state index contributed by atoms with van der Waals surface area (Å²) in [5.41, 5.74) is 0.00240. The normalized spacial score (nSPS) is 22.0. The molecule has 0 aromatic rings. The minimum absolute atomic E-state index is 0.0788. The van der Waals surface area contributed by atoms with Gasteiger partial charge in [-0.25, -0.2) is 4.79 Å². The molecule has 1 rings (SSSR count). The smallest absolute Gasteiger partial charge is 0.333 e. The van der Waals surface area contributed by atoms with Gasteiger partial charge in [0.1, 0.15) is 6.04 Å². The lowest BCUT2D eigenvalue weighted by Gasteiger charge is -2.40. The molecule has 4 atom stereocenters. The van der Waals surface area contributed by atoms with E-state index in [1.165, 1.54) is 0 Å². The number of nitrogens with zero attached hydrogens (tertiary/aromatic N) is 2. The van der Waals surface area contributed by atoms with Gasteiger partial charge < -0.3 is 15.0 Å². The topological polar surface area (TPSA) is 79.0 Å². The first-order valence-electron chi connectivity index (χ1n) is 12.4. The van der Waals surface area contributed by atoms with Gasteiger partial charge in [-0.1, -0.05) is 54.0 Å². The molecule has 0 radical (unpaired) electrons. The third kappa shape index (κ3) is 8.13. The van der Waals surface area contributed by atoms with Gasteiger partial charge in [0.25, 0.3) is 0 Å². The highest BCUT2D eigenvalue weighted by Crippen LogP contribution is 2.26. The van der Waals surface area contributed by atoms with Crippen LogP contribution in [0.15, 0.2) is 11.6 Å². The molecular formula is C26H47N3O4. The van der Waals surface area contributed by atoms with Crippen molar-refractivity contribution >= 4 is 17.8 Å². The molecule has 190 valence electrons. The van der Waals surface area contributed by atoms with Gasteiger partial charge in [0.2, 0.25) is 11.8 Å². The average molecular weight is 466 g/mol. The molecule has 7 nitrogen and oxygen atoms in total. The second-order valence-corrected chi connectivity index (χ2v) is 10.9. The van der Waals surface area contributed by atoms with Crippen LogP contribution in [0.3, 0.4) is 0 Å². The maximum absolute atomic E-state index is 13.7. The number of likely N-dealkylation sites (N-methyl/N-ethyl adjacent to an activating group) is 2. The zero-order chi connectivity index (χ0) is 25.5. The second-order valence-electron chi connectivity index (χ2n) is 10.9. The number of likely N-dealkylation sites (tertiary alicyclic amines) is 1. The van der Waals surface area contributed by atoms with E-state index in [1.54, 1.807) is 31.9 Å². The van der Waals surface area contributed by atoms with Crippen molar-refractivity contribution in [3.8, 4) is 0 Å². The van der Waals surface area contributed by atoms with Gasteiger partial charge in [0.15, 0.2) is 0 Å².